The number of aromatic nitrogens is 2. The van der Waals surface area contributed by atoms with Gasteiger partial charge in [0.1, 0.15) is 10.6 Å². The number of rotatable bonds is 4. The van der Waals surface area contributed by atoms with Gasteiger partial charge in [0.2, 0.25) is 5.28 Å². The van der Waals surface area contributed by atoms with E-state index < -0.39 is 26.2 Å². The maximum atomic E-state index is 13.6. The number of benzene rings is 1. The Morgan fingerprint density at radius 2 is 1.96 bits per heavy atom. The molecule has 0 amide bonds. The van der Waals surface area contributed by atoms with E-state index in [0.29, 0.717) is 44.5 Å². The summed E-state index contributed by atoms with van der Waals surface area (Å²) < 4.78 is 57.4. The highest BCUT2D eigenvalue weighted by Crippen LogP contribution is 2.55. The van der Waals surface area contributed by atoms with Crippen molar-refractivity contribution >= 4 is 27.3 Å². The van der Waals surface area contributed by atoms with Crippen molar-refractivity contribution in [1.29, 1.82) is 0 Å². The van der Waals surface area contributed by atoms with Gasteiger partial charge in [0.05, 0.1) is 29.8 Å². The van der Waals surface area contributed by atoms with Crippen molar-refractivity contribution in [3.8, 4) is 0 Å². The summed E-state index contributed by atoms with van der Waals surface area (Å²) in [5.41, 5.74) is 0.269. The molecule has 1 aliphatic carbocycles. The van der Waals surface area contributed by atoms with E-state index in [1.54, 1.807) is 6.07 Å². The lowest BCUT2D eigenvalue weighted by Gasteiger charge is -2.34. The predicted molar refractivity (Wildman–Crippen MR) is 99.1 cm³/mol. The monoisotopic (exact) mass is 429 g/mol. The standard InChI is InChI=1S/C18H18ClF2N3O3S/c1-11-10-27-7-6-24(11)16-9-15(22-17(19)23-16)18(4-5-18)28(25,26)12-2-3-13(20)14(21)8-12/h2-3,8-9,11H,4-7,10H2,1H3/t11-/m0/s1. The first-order valence-corrected chi connectivity index (χ1v) is 10.7. The Morgan fingerprint density at radius 1 is 1.21 bits per heavy atom. The maximum absolute atomic E-state index is 13.6. The van der Waals surface area contributed by atoms with Gasteiger partial charge >= 0.3 is 0 Å². The fraction of sp³-hybridized carbons (Fsp3) is 0.444. The Morgan fingerprint density at radius 3 is 2.61 bits per heavy atom. The summed E-state index contributed by atoms with van der Waals surface area (Å²) in [6, 6.07) is 4.26. The minimum absolute atomic E-state index is 0.0468. The van der Waals surface area contributed by atoms with Crippen LogP contribution < -0.4 is 4.90 Å². The Kier molecular flexibility index (Phi) is 4.79. The summed E-state index contributed by atoms with van der Waals surface area (Å²) in [4.78, 5) is 10.1. The lowest BCUT2D eigenvalue weighted by Crippen LogP contribution is -2.44. The second kappa shape index (κ2) is 6.89. The van der Waals surface area contributed by atoms with Crippen LogP contribution in [0.15, 0.2) is 29.2 Å². The van der Waals surface area contributed by atoms with Gasteiger partial charge in [-0.2, -0.15) is 0 Å². The molecule has 0 unspecified atom stereocenters. The van der Waals surface area contributed by atoms with Crippen molar-refractivity contribution in [3.05, 3.63) is 46.9 Å². The van der Waals surface area contributed by atoms with E-state index in [1.165, 1.54) is 0 Å². The zero-order valence-electron chi connectivity index (χ0n) is 15.0. The number of sulfone groups is 1. The Labute approximate surface area is 166 Å². The number of halogens is 3. The van der Waals surface area contributed by atoms with Gasteiger partial charge < -0.3 is 9.64 Å². The fourth-order valence-electron chi connectivity index (χ4n) is 3.50. The zero-order valence-corrected chi connectivity index (χ0v) is 16.6. The van der Waals surface area contributed by atoms with Crippen molar-refractivity contribution in [2.24, 2.45) is 0 Å². The summed E-state index contributed by atoms with van der Waals surface area (Å²) in [6.07, 6.45) is 0.638. The molecule has 1 aromatic heterocycles. The van der Waals surface area contributed by atoms with E-state index in [0.717, 1.165) is 12.1 Å². The first kappa shape index (κ1) is 19.5. The minimum Gasteiger partial charge on any atom is -0.377 e. The third kappa shape index (κ3) is 3.15. The Hall–Kier alpha value is -1.84. The number of morpholine rings is 1. The highest BCUT2D eigenvalue weighted by Gasteiger charge is 2.58. The Bertz CT molecular complexity index is 1030. The van der Waals surface area contributed by atoms with Crippen LogP contribution in [0.25, 0.3) is 0 Å². The topological polar surface area (TPSA) is 72.4 Å². The molecule has 6 nitrogen and oxygen atoms in total. The summed E-state index contributed by atoms with van der Waals surface area (Å²) >= 11 is 6.11. The normalized spacial score (nSPS) is 21.6. The average molecular weight is 430 g/mol. The molecule has 1 aromatic carbocycles. The van der Waals surface area contributed by atoms with Crippen LogP contribution >= 0.6 is 11.6 Å². The molecule has 1 aliphatic heterocycles. The quantitative estimate of drug-likeness (QED) is 0.549. The van der Waals surface area contributed by atoms with Crippen molar-refractivity contribution < 1.29 is 21.9 Å². The molecule has 0 bridgehead atoms. The summed E-state index contributed by atoms with van der Waals surface area (Å²) in [5.74, 6) is -1.78. The third-order valence-corrected chi connectivity index (χ3v) is 7.92. The van der Waals surface area contributed by atoms with E-state index in [-0.39, 0.29) is 21.9 Å². The van der Waals surface area contributed by atoms with Crippen LogP contribution in [-0.2, 0) is 19.3 Å². The van der Waals surface area contributed by atoms with Crippen molar-refractivity contribution in [2.45, 2.75) is 35.4 Å². The maximum Gasteiger partial charge on any atom is 0.224 e. The molecule has 1 atom stereocenters. The molecule has 2 fully saturated rings. The van der Waals surface area contributed by atoms with Crippen LogP contribution in [0.3, 0.4) is 0 Å². The van der Waals surface area contributed by atoms with Gasteiger partial charge in [-0.3, -0.25) is 0 Å². The molecule has 150 valence electrons. The average Bonchev–Trinajstić information content (AvgIpc) is 3.46. The van der Waals surface area contributed by atoms with E-state index in [4.69, 9.17) is 16.3 Å². The molecule has 4 rings (SSSR count). The van der Waals surface area contributed by atoms with E-state index in [1.807, 2.05) is 11.8 Å². The van der Waals surface area contributed by atoms with Gasteiger partial charge in [0, 0.05) is 12.6 Å². The van der Waals surface area contributed by atoms with Crippen LogP contribution in [0.4, 0.5) is 14.6 Å². The molecule has 0 radical (unpaired) electrons. The smallest absolute Gasteiger partial charge is 0.224 e. The summed E-state index contributed by atoms with van der Waals surface area (Å²) in [7, 11) is -4.00. The van der Waals surface area contributed by atoms with E-state index in [2.05, 4.69) is 9.97 Å². The molecule has 1 saturated heterocycles. The predicted octanol–water partition coefficient (Wildman–Crippen LogP) is 3.10. The van der Waals surface area contributed by atoms with E-state index in [9.17, 15) is 17.2 Å². The molecule has 0 N–H and O–H groups in total. The zero-order chi connectivity index (χ0) is 20.1. The molecule has 2 heterocycles. The number of anilines is 1. The van der Waals surface area contributed by atoms with Crippen LogP contribution in [0.2, 0.25) is 5.28 Å². The lowest BCUT2D eigenvalue weighted by atomic mass is 10.2. The van der Waals surface area contributed by atoms with Crippen molar-refractivity contribution in [2.75, 3.05) is 24.7 Å². The lowest BCUT2D eigenvalue weighted by molar-refractivity contribution is 0.0985. The highest BCUT2D eigenvalue weighted by molar-refractivity contribution is 7.92. The molecule has 28 heavy (non-hydrogen) atoms. The molecule has 10 heteroatoms. The third-order valence-electron chi connectivity index (χ3n) is 5.23. The Balaban J connectivity index is 1.76. The second-order valence-electron chi connectivity index (χ2n) is 7.07. The molecule has 2 aliphatic rings. The number of nitrogens with zero attached hydrogens (tertiary/aromatic N) is 3. The van der Waals surface area contributed by atoms with Crippen LogP contribution in [0.1, 0.15) is 25.5 Å². The number of ether oxygens (including phenoxy) is 1. The number of hydrogen-bond donors (Lipinski definition) is 0. The fourth-order valence-corrected chi connectivity index (χ4v) is 5.65. The van der Waals surface area contributed by atoms with E-state index >= 15 is 0 Å². The largest absolute Gasteiger partial charge is 0.377 e. The molecular weight excluding hydrogens is 412 g/mol. The van der Waals surface area contributed by atoms with Gasteiger partial charge in [0.25, 0.3) is 0 Å². The molecule has 2 aromatic rings. The van der Waals surface area contributed by atoms with Gasteiger partial charge in [0.15, 0.2) is 21.5 Å². The van der Waals surface area contributed by atoms with Crippen molar-refractivity contribution in [3.63, 3.8) is 0 Å². The molecule has 0 spiro atoms. The number of hydrogen-bond acceptors (Lipinski definition) is 6. The van der Waals surface area contributed by atoms with Gasteiger partial charge in [-0.05, 0) is 49.6 Å². The highest BCUT2D eigenvalue weighted by atomic mass is 35.5. The van der Waals surface area contributed by atoms with Crippen LogP contribution in [0.5, 0.6) is 0 Å². The second-order valence-corrected chi connectivity index (χ2v) is 9.67. The van der Waals surface area contributed by atoms with Gasteiger partial charge in [-0.1, -0.05) is 0 Å². The summed E-state index contributed by atoms with van der Waals surface area (Å²) in [6.45, 7) is 3.62. The van der Waals surface area contributed by atoms with Crippen LogP contribution in [0, 0.1) is 11.6 Å². The van der Waals surface area contributed by atoms with Gasteiger partial charge in [-0.15, -0.1) is 0 Å². The molecule has 1 saturated carbocycles. The van der Waals surface area contributed by atoms with Crippen LogP contribution in [-0.4, -0.2) is 44.2 Å². The minimum atomic E-state index is -4.00. The van der Waals surface area contributed by atoms with Crippen molar-refractivity contribution in [1.82, 2.24) is 9.97 Å². The first-order valence-electron chi connectivity index (χ1n) is 8.84. The SMILES string of the molecule is C[C@H]1COCCN1c1cc(C2(S(=O)(=O)c3ccc(F)c(F)c3)CC2)nc(Cl)n1. The molecular formula is C18H18ClF2N3O3S. The summed E-state index contributed by atoms with van der Waals surface area (Å²) in [5, 5.41) is -0.0575. The van der Waals surface area contributed by atoms with Gasteiger partial charge in [-0.25, -0.2) is 27.2 Å². The first-order chi connectivity index (χ1) is 13.2.